The van der Waals surface area contributed by atoms with Gasteiger partial charge in [-0.3, -0.25) is 0 Å². The second kappa shape index (κ2) is 5.10. The molecule has 17 heavy (non-hydrogen) atoms. The van der Waals surface area contributed by atoms with E-state index in [0.29, 0.717) is 11.8 Å². The molecule has 0 amide bonds. The molecule has 0 radical (unpaired) electrons. The fourth-order valence-electron chi connectivity index (χ4n) is 1.65. The van der Waals surface area contributed by atoms with Crippen LogP contribution in [0.15, 0.2) is 0 Å². The van der Waals surface area contributed by atoms with Crippen LogP contribution in [0.2, 0.25) is 0 Å². The number of fused-ring (bicyclic) bond motifs is 1. The zero-order valence-corrected chi connectivity index (χ0v) is 11.6. The first kappa shape index (κ1) is 12.4. The number of nitrogens with one attached hydrogen (secondary N) is 1. The van der Waals surface area contributed by atoms with Gasteiger partial charge in [0.05, 0.1) is 0 Å². The molecule has 0 aliphatic heterocycles. The maximum atomic E-state index is 4.62. The third kappa shape index (κ3) is 2.47. The van der Waals surface area contributed by atoms with Crippen LogP contribution in [-0.4, -0.2) is 32.9 Å². The molecule has 1 atom stereocenters. The summed E-state index contributed by atoms with van der Waals surface area (Å²) in [6.07, 6.45) is 0. The molecule has 0 saturated carbocycles. The first-order chi connectivity index (χ1) is 8.13. The zero-order chi connectivity index (χ0) is 12.4. The minimum atomic E-state index is 0.351. The average Bonchev–Trinajstić information content (AvgIpc) is 2.83. The summed E-state index contributed by atoms with van der Waals surface area (Å²) in [6.45, 7) is 10.5. The number of nitrogens with zero attached hydrogens (tertiary/aromatic N) is 4. The molecule has 0 spiro atoms. The van der Waals surface area contributed by atoms with Crippen molar-refractivity contribution in [2.75, 3.05) is 13.1 Å². The van der Waals surface area contributed by atoms with Gasteiger partial charge in [-0.2, -0.15) is 9.61 Å². The van der Waals surface area contributed by atoms with Crippen LogP contribution in [0.3, 0.4) is 0 Å². The lowest BCUT2D eigenvalue weighted by Crippen LogP contribution is -2.19. The molecule has 0 aliphatic carbocycles. The molecular formula is C11H19N5S. The van der Waals surface area contributed by atoms with Crippen molar-refractivity contribution >= 4 is 16.3 Å². The van der Waals surface area contributed by atoms with Crippen LogP contribution < -0.4 is 5.32 Å². The minimum Gasteiger partial charge on any atom is -0.316 e. The van der Waals surface area contributed by atoms with E-state index in [1.54, 1.807) is 11.3 Å². The lowest BCUT2D eigenvalue weighted by atomic mass is 10.2. The van der Waals surface area contributed by atoms with Crippen LogP contribution in [-0.2, 0) is 0 Å². The van der Waals surface area contributed by atoms with Crippen molar-refractivity contribution in [3.05, 3.63) is 10.8 Å². The van der Waals surface area contributed by atoms with Crippen molar-refractivity contribution in [1.29, 1.82) is 0 Å². The summed E-state index contributed by atoms with van der Waals surface area (Å²) in [6, 6.07) is 0. The van der Waals surface area contributed by atoms with E-state index in [4.69, 9.17) is 0 Å². The summed E-state index contributed by atoms with van der Waals surface area (Å²) in [5.41, 5.74) is 0. The lowest BCUT2D eigenvalue weighted by molar-refractivity contribution is 0.619. The quantitative estimate of drug-likeness (QED) is 0.885. The van der Waals surface area contributed by atoms with Crippen molar-refractivity contribution in [3.8, 4) is 0 Å². The molecule has 2 heterocycles. The Bertz CT molecular complexity index is 487. The van der Waals surface area contributed by atoms with E-state index in [1.165, 1.54) is 0 Å². The Hall–Kier alpha value is -1.01. The van der Waals surface area contributed by atoms with Gasteiger partial charge in [0.15, 0.2) is 5.82 Å². The second-order valence-electron chi connectivity index (χ2n) is 4.56. The van der Waals surface area contributed by atoms with Gasteiger partial charge in [0, 0.05) is 18.4 Å². The topological polar surface area (TPSA) is 55.1 Å². The van der Waals surface area contributed by atoms with Gasteiger partial charge in [-0.05, 0) is 6.54 Å². The molecule has 2 aromatic heterocycles. The SMILES string of the molecule is CCNCC(C)c1nn2c(C(C)C)nnc2s1. The summed E-state index contributed by atoms with van der Waals surface area (Å²) < 4.78 is 1.88. The molecule has 5 nitrogen and oxygen atoms in total. The number of likely N-dealkylation sites (N-methyl/N-ethyl adjacent to an activating group) is 1. The van der Waals surface area contributed by atoms with Gasteiger partial charge in [0.1, 0.15) is 5.01 Å². The number of rotatable bonds is 5. The first-order valence-electron chi connectivity index (χ1n) is 6.06. The Labute approximate surface area is 105 Å². The normalized spacial score (nSPS) is 13.7. The summed E-state index contributed by atoms with van der Waals surface area (Å²) in [7, 11) is 0. The first-order valence-corrected chi connectivity index (χ1v) is 6.87. The van der Waals surface area contributed by atoms with Crippen LogP contribution in [0.5, 0.6) is 0 Å². The molecule has 0 bridgehead atoms. The monoisotopic (exact) mass is 253 g/mol. The molecule has 0 fully saturated rings. The van der Waals surface area contributed by atoms with Crippen LogP contribution in [0.4, 0.5) is 0 Å². The predicted molar refractivity (Wildman–Crippen MR) is 69.7 cm³/mol. The Morgan fingerprint density at radius 3 is 2.71 bits per heavy atom. The number of aromatic nitrogens is 4. The summed E-state index contributed by atoms with van der Waals surface area (Å²) in [4.78, 5) is 0.895. The van der Waals surface area contributed by atoms with Crippen molar-refractivity contribution in [1.82, 2.24) is 25.1 Å². The lowest BCUT2D eigenvalue weighted by Gasteiger charge is -2.07. The number of hydrogen-bond donors (Lipinski definition) is 1. The fraction of sp³-hybridized carbons (Fsp3) is 0.727. The standard InChI is InChI=1S/C11H19N5S/c1-5-12-6-8(4)10-15-16-9(7(2)3)13-14-11(16)17-10/h7-8,12H,5-6H2,1-4H3. The highest BCUT2D eigenvalue weighted by molar-refractivity contribution is 7.16. The summed E-state index contributed by atoms with van der Waals surface area (Å²) in [5.74, 6) is 1.71. The van der Waals surface area contributed by atoms with E-state index in [0.717, 1.165) is 28.9 Å². The highest BCUT2D eigenvalue weighted by Crippen LogP contribution is 2.23. The molecule has 2 aromatic rings. The van der Waals surface area contributed by atoms with Crippen LogP contribution >= 0.6 is 11.3 Å². The largest absolute Gasteiger partial charge is 0.316 e. The van der Waals surface area contributed by atoms with Crippen LogP contribution in [0, 0.1) is 0 Å². The zero-order valence-electron chi connectivity index (χ0n) is 10.8. The Morgan fingerprint density at radius 1 is 1.29 bits per heavy atom. The minimum absolute atomic E-state index is 0.351. The maximum Gasteiger partial charge on any atom is 0.234 e. The van der Waals surface area contributed by atoms with E-state index < -0.39 is 0 Å². The van der Waals surface area contributed by atoms with Crippen molar-refractivity contribution < 1.29 is 0 Å². The maximum absolute atomic E-state index is 4.62. The molecule has 6 heteroatoms. The summed E-state index contributed by atoms with van der Waals surface area (Å²) >= 11 is 1.63. The molecule has 0 aliphatic rings. The van der Waals surface area contributed by atoms with E-state index in [9.17, 15) is 0 Å². The van der Waals surface area contributed by atoms with Crippen molar-refractivity contribution in [2.24, 2.45) is 0 Å². The fourth-order valence-corrected chi connectivity index (χ4v) is 2.55. The van der Waals surface area contributed by atoms with E-state index in [-0.39, 0.29) is 0 Å². The van der Waals surface area contributed by atoms with Crippen LogP contribution in [0.1, 0.15) is 50.4 Å². The number of hydrogen-bond acceptors (Lipinski definition) is 5. The summed E-state index contributed by atoms with van der Waals surface area (Å²) in [5, 5.41) is 17.4. The van der Waals surface area contributed by atoms with Gasteiger partial charge in [-0.25, -0.2) is 0 Å². The molecule has 1 unspecified atom stereocenters. The van der Waals surface area contributed by atoms with Crippen molar-refractivity contribution in [2.45, 2.75) is 39.5 Å². The van der Waals surface area contributed by atoms with Gasteiger partial charge in [-0.1, -0.05) is 39.0 Å². The smallest absolute Gasteiger partial charge is 0.234 e. The highest BCUT2D eigenvalue weighted by Gasteiger charge is 2.17. The van der Waals surface area contributed by atoms with Gasteiger partial charge in [0.25, 0.3) is 0 Å². The Balaban J connectivity index is 2.25. The second-order valence-corrected chi connectivity index (χ2v) is 5.54. The third-order valence-electron chi connectivity index (χ3n) is 2.67. The van der Waals surface area contributed by atoms with E-state index in [1.807, 2.05) is 4.52 Å². The van der Waals surface area contributed by atoms with Gasteiger partial charge >= 0.3 is 0 Å². The molecule has 94 valence electrons. The average molecular weight is 253 g/mol. The highest BCUT2D eigenvalue weighted by atomic mass is 32.1. The van der Waals surface area contributed by atoms with Crippen molar-refractivity contribution in [3.63, 3.8) is 0 Å². The Morgan fingerprint density at radius 2 is 2.06 bits per heavy atom. The third-order valence-corrected chi connectivity index (χ3v) is 3.80. The van der Waals surface area contributed by atoms with Crippen LogP contribution in [0.25, 0.3) is 4.96 Å². The van der Waals surface area contributed by atoms with Gasteiger partial charge < -0.3 is 5.32 Å². The van der Waals surface area contributed by atoms with Gasteiger partial charge in [0.2, 0.25) is 4.96 Å². The molecule has 0 saturated heterocycles. The molecular weight excluding hydrogens is 234 g/mol. The molecule has 2 rings (SSSR count). The van der Waals surface area contributed by atoms with Gasteiger partial charge in [-0.15, -0.1) is 10.2 Å². The molecule has 1 N–H and O–H groups in total. The van der Waals surface area contributed by atoms with E-state index in [2.05, 4.69) is 48.3 Å². The molecule has 0 aromatic carbocycles. The predicted octanol–water partition coefficient (Wildman–Crippen LogP) is 2.02. The Kier molecular flexibility index (Phi) is 3.73. The van der Waals surface area contributed by atoms with E-state index >= 15 is 0 Å².